The van der Waals surface area contributed by atoms with Gasteiger partial charge in [-0.05, 0) is 44.9 Å². The Morgan fingerprint density at radius 2 is 2.00 bits per heavy atom. The Labute approximate surface area is 122 Å². The summed E-state index contributed by atoms with van der Waals surface area (Å²) in [6, 6.07) is 1.68. The minimum atomic E-state index is -0.671. The summed E-state index contributed by atoms with van der Waals surface area (Å²) in [6.07, 6.45) is 0. The van der Waals surface area contributed by atoms with Gasteiger partial charge in [-0.3, -0.25) is 9.59 Å². The molecular formula is C14H15Cl2NO2. The molecule has 1 aliphatic heterocycles. The lowest BCUT2D eigenvalue weighted by molar-refractivity contribution is -0.119. The van der Waals surface area contributed by atoms with Crippen LogP contribution in [0.15, 0.2) is 6.07 Å². The molecule has 0 spiro atoms. The summed E-state index contributed by atoms with van der Waals surface area (Å²) in [5.74, 6) is -0.321. The van der Waals surface area contributed by atoms with Crippen LogP contribution in [0.3, 0.4) is 0 Å². The van der Waals surface area contributed by atoms with E-state index in [0.717, 1.165) is 5.56 Å². The molecule has 19 heavy (non-hydrogen) atoms. The van der Waals surface area contributed by atoms with Crippen molar-refractivity contribution in [2.45, 2.75) is 38.5 Å². The van der Waals surface area contributed by atoms with Crippen molar-refractivity contribution in [3.63, 3.8) is 0 Å². The highest BCUT2D eigenvalue weighted by molar-refractivity contribution is 6.39. The third-order valence-corrected chi connectivity index (χ3v) is 4.29. The van der Waals surface area contributed by atoms with Gasteiger partial charge in [0.15, 0.2) is 5.78 Å². The average Bonchev–Trinajstić information content (AvgIpc) is 2.55. The number of nitrogens with one attached hydrogen (secondary N) is 1. The van der Waals surface area contributed by atoms with E-state index in [-0.39, 0.29) is 11.7 Å². The number of carbonyl (C=O) groups is 2. The van der Waals surface area contributed by atoms with Crippen LogP contribution in [0.1, 0.15) is 42.3 Å². The Morgan fingerprint density at radius 1 is 1.42 bits per heavy atom. The maximum Gasteiger partial charge on any atom is 0.234 e. The van der Waals surface area contributed by atoms with Gasteiger partial charge in [-0.15, -0.1) is 11.6 Å². The summed E-state index contributed by atoms with van der Waals surface area (Å²) in [4.78, 5) is 24.1. The van der Waals surface area contributed by atoms with Gasteiger partial charge in [-0.25, -0.2) is 0 Å². The molecule has 0 saturated heterocycles. The molecule has 1 atom stereocenters. The monoisotopic (exact) mass is 299 g/mol. The van der Waals surface area contributed by atoms with E-state index in [0.29, 0.717) is 21.8 Å². The Morgan fingerprint density at radius 3 is 2.53 bits per heavy atom. The maximum atomic E-state index is 12.1. The van der Waals surface area contributed by atoms with E-state index >= 15 is 0 Å². The molecule has 5 heteroatoms. The van der Waals surface area contributed by atoms with Crippen molar-refractivity contribution < 1.29 is 9.59 Å². The van der Waals surface area contributed by atoms with E-state index in [2.05, 4.69) is 5.32 Å². The normalized spacial score (nSPS) is 17.9. The fraction of sp³-hybridized carbons (Fsp3) is 0.429. The quantitative estimate of drug-likeness (QED) is 0.669. The number of rotatable bonds is 2. The Kier molecular flexibility index (Phi) is 3.40. The first-order valence-corrected chi connectivity index (χ1v) is 6.82. The van der Waals surface area contributed by atoms with Crippen LogP contribution in [0.2, 0.25) is 5.02 Å². The number of anilines is 1. The molecule has 102 valence electrons. The second-order valence-electron chi connectivity index (χ2n) is 5.35. The number of hydrogen-bond donors (Lipinski definition) is 1. The van der Waals surface area contributed by atoms with Crippen molar-refractivity contribution in [2.75, 3.05) is 5.32 Å². The molecule has 0 aromatic heterocycles. The van der Waals surface area contributed by atoms with Crippen molar-refractivity contribution in [2.24, 2.45) is 0 Å². The van der Waals surface area contributed by atoms with E-state index in [1.54, 1.807) is 19.9 Å². The van der Waals surface area contributed by atoms with Crippen molar-refractivity contribution in [1.29, 1.82) is 0 Å². The Hall–Kier alpha value is -1.06. The minimum absolute atomic E-state index is 0.0924. The number of alkyl halides is 1. The molecule has 1 aromatic rings. The molecule has 0 saturated carbocycles. The predicted octanol–water partition coefficient (Wildman–Crippen LogP) is 3.69. The van der Waals surface area contributed by atoms with Gasteiger partial charge in [0.25, 0.3) is 0 Å². The smallest absolute Gasteiger partial charge is 0.234 e. The lowest BCUT2D eigenvalue weighted by Crippen LogP contribution is -2.27. The van der Waals surface area contributed by atoms with Gasteiger partial charge in [-0.2, -0.15) is 0 Å². The van der Waals surface area contributed by atoms with Crippen LogP contribution in [-0.2, 0) is 10.2 Å². The van der Waals surface area contributed by atoms with E-state index in [1.807, 2.05) is 13.8 Å². The van der Waals surface area contributed by atoms with Crippen LogP contribution < -0.4 is 5.32 Å². The standard InChI is InChI=1S/C14H15Cl2NO2/c1-6-10(16)8(12(18)7(2)15)5-9-11(6)17-13(19)14(9,3)4/h5,7H,1-4H3,(H,17,19). The Balaban J connectivity index is 2.71. The second kappa shape index (κ2) is 4.50. The third-order valence-electron chi connectivity index (χ3n) is 3.60. The van der Waals surface area contributed by atoms with E-state index in [4.69, 9.17) is 23.2 Å². The predicted molar refractivity (Wildman–Crippen MR) is 77.5 cm³/mol. The zero-order valence-electron chi connectivity index (χ0n) is 11.2. The average molecular weight is 300 g/mol. The van der Waals surface area contributed by atoms with Gasteiger partial charge >= 0.3 is 0 Å². The molecule has 1 heterocycles. The van der Waals surface area contributed by atoms with Gasteiger partial charge < -0.3 is 5.32 Å². The number of amides is 1. The molecule has 1 unspecified atom stereocenters. The van der Waals surface area contributed by atoms with Crippen LogP contribution >= 0.6 is 23.2 Å². The second-order valence-corrected chi connectivity index (χ2v) is 6.38. The largest absolute Gasteiger partial charge is 0.325 e. The molecule has 1 N–H and O–H groups in total. The number of Topliss-reactive ketones (excluding diaryl/α,β-unsaturated/α-hetero) is 1. The fourth-order valence-corrected chi connectivity index (χ4v) is 2.59. The first kappa shape index (κ1) is 14.4. The summed E-state index contributed by atoms with van der Waals surface area (Å²) in [5, 5.41) is 2.53. The van der Waals surface area contributed by atoms with E-state index in [1.165, 1.54) is 0 Å². The highest BCUT2D eigenvalue weighted by Crippen LogP contribution is 2.43. The topological polar surface area (TPSA) is 46.2 Å². The summed E-state index contributed by atoms with van der Waals surface area (Å²) in [6.45, 7) is 7.04. The number of hydrogen-bond acceptors (Lipinski definition) is 2. The molecule has 1 amide bonds. The highest BCUT2D eigenvalue weighted by Gasteiger charge is 2.40. The van der Waals surface area contributed by atoms with Crippen LogP contribution in [0.4, 0.5) is 5.69 Å². The zero-order chi connectivity index (χ0) is 14.5. The van der Waals surface area contributed by atoms with Gasteiger partial charge in [0.1, 0.15) is 0 Å². The number of halogens is 2. The molecular weight excluding hydrogens is 285 g/mol. The summed E-state index contributed by atoms with van der Waals surface area (Å²) in [7, 11) is 0. The summed E-state index contributed by atoms with van der Waals surface area (Å²) < 4.78 is 0. The molecule has 0 bridgehead atoms. The molecule has 1 aliphatic rings. The number of carbonyl (C=O) groups excluding carboxylic acids is 2. The molecule has 0 aliphatic carbocycles. The lowest BCUT2D eigenvalue weighted by Gasteiger charge is -2.18. The third kappa shape index (κ3) is 2.05. The van der Waals surface area contributed by atoms with Crippen molar-refractivity contribution in [3.8, 4) is 0 Å². The fourth-order valence-electron chi connectivity index (χ4n) is 2.23. The minimum Gasteiger partial charge on any atom is -0.325 e. The van der Waals surface area contributed by atoms with Crippen molar-refractivity contribution >= 4 is 40.6 Å². The van der Waals surface area contributed by atoms with Crippen molar-refractivity contribution in [1.82, 2.24) is 0 Å². The highest BCUT2D eigenvalue weighted by atomic mass is 35.5. The molecule has 1 aromatic carbocycles. The van der Waals surface area contributed by atoms with Gasteiger partial charge in [0.05, 0.1) is 15.8 Å². The van der Waals surface area contributed by atoms with Crippen LogP contribution in [-0.4, -0.2) is 17.1 Å². The van der Waals surface area contributed by atoms with Crippen molar-refractivity contribution in [3.05, 3.63) is 27.8 Å². The SMILES string of the molecule is Cc1c(Cl)c(C(=O)C(C)Cl)cc2c1NC(=O)C2(C)C. The summed E-state index contributed by atoms with van der Waals surface area (Å²) >= 11 is 12.1. The number of ketones is 1. The van der Waals surface area contributed by atoms with E-state index in [9.17, 15) is 9.59 Å². The molecule has 0 fully saturated rings. The molecule has 2 rings (SSSR count). The van der Waals surface area contributed by atoms with E-state index < -0.39 is 10.8 Å². The number of benzene rings is 1. The lowest BCUT2D eigenvalue weighted by atomic mass is 9.84. The number of fused-ring (bicyclic) bond motifs is 1. The van der Waals surface area contributed by atoms with Crippen LogP contribution in [0.25, 0.3) is 0 Å². The van der Waals surface area contributed by atoms with Crippen LogP contribution in [0, 0.1) is 6.92 Å². The molecule has 0 radical (unpaired) electrons. The first-order valence-electron chi connectivity index (χ1n) is 6.01. The van der Waals surface area contributed by atoms with Gasteiger partial charge in [0.2, 0.25) is 5.91 Å². The Bertz CT molecular complexity index is 592. The van der Waals surface area contributed by atoms with Crippen LogP contribution in [0.5, 0.6) is 0 Å². The maximum absolute atomic E-state index is 12.1. The zero-order valence-corrected chi connectivity index (χ0v) is 12.7. The first-order chi connectivity index (χ1) is 8.67. The summed E-state index contributed by atoms with van der Waals surface area (Å²) in [5.41, 5.74) is 1.91. The molecule has 3 nitrogen and oxygen atoms in total. The van der Waals surface area contributed by atoms with Gasteiger partial charge in [-0.1, -0.05) is 11.6 Å². The van der Waals surface area contributed by atoms with Gasteiger partial charge in [0, 0.05) is 11.3 Å².